The van der Waals surface area contributed by atoms with Crippen molar-refractivity contribution in [2.24, 2.45) is 10.4 Å². The van der Waals surface area contributed by atoms with Crippen LogP contribution in [0.3, 0.4) is 0 Å². The monoisotopic (exact) mass is 623 g/mol. The van der Waals surface area contributed by atoms with Crippen LogP contribution in [0.5, 0.6) is 0 Å². The molecular formula is C27H34IN3O4S. The fraction of sp³-hybridized carbons (Fsp3) is 0.519. The highest BCUT2D eigenvalue weighted by molar-refractivity contribution is 14.2. The number of aliphatic hydroxyl groups is 1. The zero-order valence-electron chi connectivity index (χ0n) is 21.1. The Kier molecular flexibility index (Phi) is 6.78. The number of carbonyl (C=O) groups excluding carboxylic acids is 1. The third kappa shape index (κ3) is 5.38. The summed E-state index contributed by atoms with van der Waals surface area (Å²) in [6.07, 6.45) is 7.51. The van der Waals surface area contributed by atoms with Crippen molar-refractivity contribution in [1.29, 1.82) is 0 Å². The molecule has 5 rings (SSSR count). The van der Waals surface area contributed by atoms with Crippen LogP contribution < -0.4 is 5.32 Å². The standard InChI is InChI=1S/C27H34IN3O4S/c1-26(2)8-6-18(7-9-26)21-14-19(27(33)10-12-36(34,35)13-11-27)4-5-22(21)30-25(32)24-23-17-31(23)16-20(29-24)15-28-3/h4-6,14-16,23,33H,7-13,17H2,1-3H3,(H,30,32). The van der Waals surface area contributed by atoms with Crippen molar-refractivity contribution in [3.63, 3.8) is 0 Å². The fourth-order valence-corrected chi connectivity index (χ4v) is 7.64. The van der Waals surface area contributed by atoms with Gasteiger partial charge in [-0.3, -0.25) is 4.79 Å². The van der Waals surface area contributed by atoms with Crippen molar-refractivity contribution in [3.8, 4) is 0 Å². The molecule has 1 amide bonds. The first kappa shape index (κ1) is 25.8. The van der Waals surface area contributed by atoms with Gasteiger partial charge in [0, 0.05) is 24.0 Å². The summed E-state index contributed by atoms with van der Waals surface area (Å²) in [6, 6.07) is 5.69. The van der Waals surface area contributed by atoms with Crippen molar-refractivity contribution >= 4 is 57.5 Å². The van der Waals surface area contributed by atoms with E-state index < -0.39 is 15.4 Å². The molecule has 0 aromatic heterocycles. The summed E-state index contributed by atoms with van der Waals surface area (Å²) >= 11 is -0.0793. The number of anilines is 1. The first-order valence-electron chi connectivity index (χ1n) is 12.4. The Hall–Kier alpha value is -1.85. The summed E-state index contributed by atoms with van der Waals surface area (Å²) in [5, 5.41) is 14.5. The van der Waals surface area contributed by atoms with Crippen molar-refractivity contribution in [1.82, 2.24) is 4.90 Å². The molecule has 1 aromatic carbocycles. The maximum absolute atomic E-state index is 13.4. The quantitative estimate of drug-likeness (QED) is 0.294. The van der Waals surface area contributed by atoms with E-state index in [1.807, 2.05) is 24.4 Å². The molecule has 1 atom stereocenters. The van der Waals surface area contributed by atoms with E-state index in [0.29, 0.717) is 17.0 Å². The van der Waals surface area contributed by atoms with Gasteiger partial charge in [-0.15, -0.1) is 20.7 Å². The largest absolute Gasteiger partial charge is 0.385 e. The van der Waals surface area contributed by atoms with Crippen LogP contribution in [0.1, 0.15) is 57.1 Å². The summed E-state index contributed by atoms with van der Waals surface area (Å²) in [7, 11) is -3.10. The molecular weight excluding hydrogens is 589 g/mol. The van der Waals surface area contributed by atoms with Crippen molar-refractivity contribution in [2.45, 2.75) is 57.6 Å². The number of benzene rings is 1. The van der Waals surface area contributed by atoms with Crippen molar-refractivity contribution < 1.29 is 18.3 Å². The van der Waals surface area contributed by atoms with E-state index in [1.165, 1.54) is 0 Å². The minimum absolute atomic E-state index is 0.0151. The van der Waals surface area contributed by atoms with Gasteiger partial charge in [-0.25, -0.2) is 13.4 Å². The second-order valence-electron chi connectivity index (χ2n) is 11.1. The third-order valence-corrected chi connectivity index (χ3v) is 10.7. The molecule has 3 heterocycles. The number of allylic oxidation sites excluding steroid dienone is 3. The molecule has 2 N–H and O–H groups in total. The molecule has 36 heavy (non-hydrogen) atoms. The lowest BCUT2D eigenvalue weighted by Gasteiger charge is -2.34. The number of carbonyl (C=O) groups is 1. The van der Waals surface area contributed by atoms with Gasteiger partial charge in [0.25, 0.3) is 5.91 Å². The summed E-state index contributed by atoms with van der Waals surface area (Å²) in [5.41, 5.74) is 3.94. The summed E-state index contributed by atoms with van der Waals surface area (Å²) < 4.78 is 26.1. The number of hydrogen-bond acceptors (Lipinski definition) is 6. The lowest BCUT2D eigenvalue weighted by molar-refractivity contribution is -0.110. The van der Waals surface area contributed by atoms with Crippen molar-refractivity contribution in [2.75, 3.05) is 28.3 Å². The Bertz CT molecular complexity index is 1310. The molecule has 0 bridgehead atoms. The molecule has 1 unspecified atom stereocenters. The van der Waals surface area contributed by atoms with Gasteiger partial charge in [0.15, 0.2) is 9.84 Å². The Morgan fingerprint density at radius 1 is 1.25 bits per heavy atom. The topological polar surface area (TPSA) is 98.8 Å². The number of rotatable bonds is 5. The van der Waals surface area contributed by atoms with E-state index in [4.69, 9.17) is 0 Å². The normalized spacial score (nSPS) is 26.2. The number of aliphatic imine (C=N–C) groups is 1. The lowest BCUT2D eigenvalue weighted by Crippen LogP contribution is -2.37. The van der Waals surface area contributed by atoms with E-state index in [9.17, 15) is 18.3 Å². The highest BCUT2D eigenvalue weighted by atomic mass is 127. The highest BCUT2D eigenvalue weighted by Gasteiger charge is 2.42. The summed E-state index contributed by atoms with van der Waals surface area (Å²) in [4.78, 5) is 22.3. The number of fused-ring (bicyclic) bond motifs is 1. The van der Waals surface area contributed by atoms with Crippen LogP contribution in [0.25, 0.3) is 5.57 Å². The Balaban J connectivity index is 1.47. The van der Waals surface area contributed by atoms with Crippen molar-refractivity contribution in [3.05, 3.63) is 47.3 Å². The predicted octanol–water partition coefficient (Wildman–Crippen LogP) is 4.00. The van der Waals surface area contributed by atoms with Gasteiger partial charge in [0.1, 0.15) is 5.71 Å². The summed E-state index contributed by atoms with van der Waals surface area (Å²) in [5.74, 6) is -0.221. The van der Waals surface area contributed by atoms with Gasteiger partial charge in [-0.05, 0) is 69.7 Å². The van der Waals surface area contributed by atoms with E-state index in [2.05, 4.69) is 44.1 Å². The Morgan fingerprint density at radius 2 is 2.00 bits per heavy atom. The Labute approximate surface area is 223 Å². The molecule has 2 fully saturated rings. The fourth-order valence-electron chi connectivity index (χ4n) is 5.20. The molecule has 4 aliphatic rings. The molecule has 1 aromatic rings. The molecule has 0 radical (unpaired) electrons. The molecule has 7 nitrogen and oxygen atoms in total. The zero-order valence-corrected chi connectivity index (χ0v) is 24.0. The first-order valence-corrected chi connectivity index (χ1v) is 17.7. The van der Waals surface area contributed by atoms with Crippen LogP contribution in [0, 0.1) is 5.41 Å². The van der Waals surface area contributed by atoms with Crippen LogP contribution in [0.2, 0.25) is 0 Å². The predicted molar refractivity (Wildman–Crippen MR) is 154 cm³/mol. The SMILES string of the molecule is CI=CC1=CN2CC2C(C(=O)Nc2ccc(C3(O)CCS(=O)(=O)CC3)cc2C2=CCC(C)(C)CC2)=N1. The minimum Gasteiger partial charge on any atom is -0.385 e. The lowest BCUT2D eigenvalue weighted by atomic mass is 9.76. The molecule has 1 aliphatic carbocycles. The molecule has 9 heteroatoms. The first-order chi connectivity index (χ1) is 17.0. The van der Waals surface area contributed by atoms with Gasteiger partial charge in [-0.2, -0.15) is 0 Å². The number of amides is 1. The zero-order chi connectivity index (χ0) is 25.7. The number of hydrogen-bond donors (Lipinski definition) is 2. The molecule has 0 saturated carbocycles. The number of alkyl halides is 1. The smallest absolute Gasteiger partial charge is 0.272 e. The van der Waals surface area contributed by atoms with Crippen LogP contribution in [-0.4, -0.2) is 63.1 Å². The second kappa shape index (κ2) is 9.47. The number of nitrogens with one attached hydrogen (secondary N) is 1. The molecule has 0 spiro atoms. The average molecular weight is 624 g/mol. The van der Waals surface area contributed by atoms with Gasteiger partial charge in [0.2, 0.25) is 0 Å². The molecule has 3 aliphatic heterocycles. The van der Waals surface area contributed by atoms with Gasteiger partial charge >= 0.3 is 0 Å². The van der Waals surface area contributed by atoms with E-state index in [-0.39, 0.29) is 62.4 Å². The maximum Gasteiger partial charge on any atom is 0.272 e. The second-order valence-corrected chi connectivity index (χ2v) is 15.3. The number of sulfone groups is 1. The maximum atomic E-state index is 13.4. The third-order valence-electron chi connectivity index (χ3n) is 7.74. The van der Waals surface area contributed by atoms with E-state index in [0.717, 1.165) is 42.6 Å². The molecule has 194 valence electrons. The van der Waals surface area contributed by atoms with Gasteiger partial charge in [-0.1, -0.05) is 26.0 Å². The highest BCUT2D eigenvalue weighted by Crippen LogP contribution is 2.42. The number of nitrogens with zero attached hydrogens (tertiary/aromatic N) is 2. The molecule has 2 saturated heterocycles. The van der Waals surface area contributed by atoms with Crippen LogP contribution in [0.15, 0.2) is 41.2 Å². The Morgan fingerprint density at radius 3 is 2.67 bits per heavy atom. The van der Waals surface area contributed by atoms with Gasteiger partial charge < -0.3 is 15.3 Å². The minimum atomic E-state index is -3.10. The average Bonchev–Trinajstić information content (AvgIpc) is 3.61. The van der Waals surface area contributed by atoms with Crippen LogP contribution >= 0.6 is 20.7 Å². The summed E-state index contributed by atoms with van der Waals surface area (Å²) in [6.45, 7) is 5.33. The van der Waals surface area contributed by atoms with Crippen LogP contribution in [0.4, 0.5) is 5.69 Å². The number of halogens is 1. The van der Waals surface area contributed by atoms with Crippen LogP contribution in [-0.2, 0) is 20.2 Å². The van der Waals surface area contributed by atoms with E-state index >= 15 is 0 Å². The van der Waals surface area contributed by atoms with E-state index in [1.54, 1.807) is 0 Å². The van der Waals surface area contributed by atoms with Gasteiger partial charge in [0.05, 0.1) is 28.8 Å².